The van der Waals surface area contributed by atoms with Crippen molar-refractivity contribution in [3.63, 3.8) is 0 Å². The lowest BCUT2D eigenvalue weighted by molar-refractivity contribution is 0.845. The van der Waals surface area contributed by atoms with Gasteiger partial charge in [0.2, 0.25) is 0 Å². The van der Waals surface area contributed by atoms with Crippen LogP contribution in [-0.2, 0) is 0 Å². The average molecular weight is 190 g/mol. The van der Waals surface area contributed by atoms with Gasteiger partial charge in [-0.05, 0) is 52.4 Å². The molecule has 0 spiro atoms. The van der Waals surface area contributed by atoms with Crippen molar-refractivity contribution in [1.29, 1.82) is 0 Å². The molecular weight excluding hydrogens is 168 g/mol. The Kier molecular flexibility index (Phi) is 5.36. The first-order valence-electron chi connectivity index (χ1n) is 5.76. The Hall–Kier alpha value is -0.780. The summed E-state index contributed by atoms with van der Waals surface area (Å²) < 4.78 is 0. The van der Waals surface area contributed by atoms with Crippen molar-refractivity contribution in [3.8, 4) is 0 Å². The topological polar surface area (TPSA) is 0 Å². The Bertz CT molecular complexity index is 217. The first kappa shape index (κ1) is 11.3. The van der Waals surface area contributed by atoms with Gasteiger partial charge in [-0.3, -0.25) is 0 Å². The van der Waals surface area contributed by atoms with Gasteiger partial charge in [-0.15, -0.1) is 0 Å². The second-order valence-electron chi connectivity index (χ2n) is 4.20. The second kappa shape index (κ2) is 6.64. The summed E-state index contributed by atoms with van der Waals surface area (Å²) in [4.78, 5) is 0. The van der Waals surface area contributed by atoms with E-state index in [2.05, 4.69) is 38.2 Å². The maximum atomic E-state index is 2.34. The van der Waals surface area contributed by atoms with Crippen LogP contribution in [0.3, 0.4) is 0 Å². The van der Waals surface area contributed by atoms with E-state index >= 15 is 0 Å². The summed E-state index contributed by atoms with van der Waals surface area (Å²) in [6, 6.07) is 0. The minimum atomic E-state index is 1.21. The highest BCUT2D eigenvalue weighted by Gasteiger charge is 1.98. The summed E-state index contributed by atoms with van der Waals surface area (Å²) in [6.45, 7) is 4.48. The molecule has 0 aromatic heterocycles. The number of allylic oxidation sites excluding steroid dienone is 6. The highest BCUT2D eigenvalue weighted by molar-refractivity contribution is 5.12. The van der Waals surface area contributed by atoms with Gasteiger partial charge in [0, 0.05) is 0 Å². The zero-order chi connectivity index (χ0) is 10.2. The summed E-state index contributed by atoms with van der Waals surface area (Å²) in [5.74, 6) is 0. The molecule has 1 rings (SSSR count). The Balaban J connectivity index is 2.57. The van der Waals surface area contributed by atoms with Gasteiger partial charge in [-0.25, -0.2) is 0 Å². The third kappa shape index (κ3) is 4.45. The molecule has 0 radical (unpaired) electrons. The predicted molar refractivity (Wildman–Crippen MR) is 64.4 cm³/mol. The summed E-state index contributed by atoms with van der Waals surface area (Å²) in [6.07, 6.45) is 16.7. The molecule has 1 aliphatic carbocycles. The van der Waals surface area contributed by atoms with E-state index in [4.69, 9.17) is 0 Å². The van der Waals surface area contributed by atoms with Gasteiger partial charge < -0.3 is 0 Å². The molecule has 0 fully saturated rings. The van der Waals surface area contributed by atoms with E-state index < -0.39 is 0 Å². The van der Waals surface area contributed by atoms with Crippen LogP contribution in [0.1, 0.15) is 52.4 Å². The molecule has 0 atom stereocenters. The van der Waals surface area contributed by atoms with Crippen molar-refractivity contribution < 1.29 is 0 Å². The molecule has 0 amide bonds. The molecule has 14 heavy (non-hydrogen) atoms. The quantitative estimate of drug-likeness (QED) is 0.482. The molecule has 0 saturated carbocycles. The van der Waals surface area contributed by atoms with E-state index in [1.54, 1.807) is 5.57 Å². The smallest absolute Gasteiger partial charge is 0.0283 e. The van der Waals surface area contributed by atoms with Gasteiger partial charge in [-0.2, -0.15) is 0 Å². The van der Waals surface area contributed by atoms with Crippen LogP contribution in [-0.4, -0.2) is 0 Å². The van der Waals surface area contributed by atoms with Gasteiger partial charge in [0.25, 0.3) is 0 Å². The molecule has 0 aliphatic heterocycles. The Morgan fingerprint density at radius 3 is 1.64 bits per heavy atom. The molecule has 0 heteroatoms. The van der Waals surface area contributed by atoms with Gasteiger partial charge >= 0.3 is 0 Å². The fourth-order valence-corrected chi connectivity index (χ4v) is 1.80. The summed E-state index contributed by atoms with van der Waals surface area (Å²) in [5, 5.41) is 0. The molecule has 0 bridgehead atoms. The zero-order valence-electron chi connectivity index (χ0n) is 9.55. The van der Waals surface area contributed by atoms with Gasteiger partial charge in [0.15, 0.2) is 0 Å². The molecule has 0 heterocycles. The van der Waals surface area contributed by atoms with Crippen molar-refractivity contribution in [2.24, 2.45) is 0 Å². The average Bonchev–Trinajstić information content (AvgIpc) is 2.21. The third-order valence-electron chi connectivity index (χ3n) is 2.77. The molecular formula is C14H22. The largest absolute Gasteiger partial charge is 0.0882 e. The molecule has 1 aliphatic rings. The van der Waals surface area contributed by atoms with Crippen LogP contribution >= 0.6 is 0 Å². The maximum Gasteiger partial charge on any atom is -0.0283 e. The van der Waals surface area contributed by atoms with Crippen LogP contribution in [0.15, 0.2) is 35.5 Å². The highest BCUT2D eigenvalue weighted by Crippen LogP contribution is 2.18. The number of rotatable bonds is 0. The standard InChI is InChI=1S/C14H22/c1-13(2)14-11-9-7-5-3-4-6-8-10-12-14/h5-8H,3-4,9-12H2,1-2H3/b7-5-,8-6-. The van der Waals surface area contributed by atoms with Crippen LogP contribution in [0.5, 0.6) is 0 Å². The van der Waals surface area contributed by atoms with Crippen molar-refractivity contribution in [2.45, 2.75) is 52.4 Å². The lowest BCUT2D eigenvalue weighted by Gasteiger charge is -2.06. The van der Waals surface area contributed by atoms with Crippen LogP contribution in [0.2, 0.25) is 0 Å². The number of hydrogen-bond donors (Lipinski definition) is 0. The maximum absolute atomic E-state index is 2.34. The Morgan fingerprint density at radius 2 is 1.21 bits per heavy atom. The van der Waals surface area contributed by atoms with E-state index in [0.717, 1.165) is 0 Å². The van der Waals surface area contributed by atoms with E-state index in [1.165, 1.54) is 44.1 Å². The molecule has 0 unspecified atom stereocenters. The highest BCUT2D eigenvalue weighted by atomic mass is 14.0. The molecule has 0 N–H and O–H groups in total. The lowest BCUT2D eigenvalue weighted by Crippen LogP contribution is -1.86. The first-order chi connectivity index (χ1) is 6.80. The van der Waals surface area contributed by atoms with Crippen molar-refractivity contribution in [2.75, 3.05) is 0 Å². The Labute approximate surface area is 88.4 Å². The second-order valence-corrected chi connectivity index (χ2v) is 4.20. The predicted octanol–water partition coefficient (Wildman–Crippen LogP) is 4.79. The van der Waals surface area contributed by atoms with Gasteiger partial charge in [-0.1, -0.05) is 35.5 Å². The SMILES string of the molecule is CC(C)=C1CC/C=C\CC/C=C\CC1. The lowest BCUT2D eigenvalue weighted by atomic mass is 10.00. The van der Waals surface area contributed by atoms with Crippen molar-refractivity contribution in [1.82, 2.24) is 0 Å². The van der Waals surface area contributed by atoms with Crippen molar-refractivity contribution in [3.05, 3.63) is 35.5 Å². The normalized spacial score (nSPS) is 23.7. The monoisotopic (exact) mass is 190 g/mol. The fraction of sp³-hybridized carbons (Fsp3) is 0.571. The van der Waals surface area contributed by atoms with E-state index in [9.17, 15) is 0 Å². The van der Waals surface area contributed by atoms with Crippen LogP contribution in [0, 0.1) is 0 Å². The zero-order valence-corrected chi connectivity index (χ0v) is 9.55. The van der Waals surface area contributed by atoms with Crippen molar-refractivity contribution >= 4 is 0 Å². The fourth-order valence-electron chi connectivity index (χ4n) is 1.80. The summed E-state index contributed by atoms with van der Waals surface area (Å²) in [5.41, 5.74) is 3.17. The van der Waals surface area contributed by atoms with Gasteiger partial charge in [0.05, 0.1) is 0 Å². The third-order valence-corrected chi connectivity index (χ3v) is 2.77. The molecule has 0 saturated heterocycles. The van der Waals surface area contributed by atoms with Crippen LogP contribution < -0.4 is 0 Å². The Morgan fingerprint density at radius 1 is 0.786 bits per heavy atom. The molecule has 0 aromatic rings. The van der Waals surface area contributed by atoms with E-state index in [-0.39, 0.29) is 0 Å². The minimum Gasteiger partial charge on any atom is -0.0882 e. The van der Waals surface area contributed by atoms with Crippen LogP contribution in [0.25, 0.3) is 0 Å². The molecule has 78 valence electrons. The minimum absolute atomic E-state index is 1.21. The number of hydrogen-bond acceptors (Lipinski definition) is 0. The summed E-state index contributed by atoms with van der Waals surface area (Å²) >= 11 is 0. The van der Waals surface area contributed by atoms with Gasteiger partial charge in [0.1, 0.15) is 0 Å². The van der Waals surface area contributed by atoms with Crippen LogP contribution in [0.4, 0.5) is 0 Å². The molecule has 0 nitrogen and oxygen atoms in total. The van der Waals surface area contributed by atoms with E-state index in [0.29, 0.717) is 0 Å². The summed E-state index contributed by atoms with van der Waals surface area (Å²) in [7, 11) is 0. The molecule has 0 aromatic carbocycles. The first-order valence-corrected chi connectivity index (χ1v) is 5.76. The van der Waals surface area contributed by atoms with E-state index in [1.807, 2.05) is 0 Å².